The first-order valence-corrected chi connectivity index (χ1v) is 12.8. The minimum absolute atomic E-state index is 0.151. The number of halogens is 1. The van der Waals surface area contributed by atoms with E-state index in [0.29, 0.717) is 17.8 Å². The summed E-state index contributed by atoms with van der Waals surface area (Å²) in [6.45, 7) is 2.06. The van der Waals surface area contributed by atoms with Gasteiger partial charge in [-0.25, -0.2) is 17.8 Å². The average Bonchev–Trinajstić information content (AvgIpc) is 3.27. The highest BCUT2D eigenvalue weighted by atomic mass is 32.2. The summed E-state index contributed by atoms with van der Waals surface area (Å²) in [4.78, 5) is 17.0. The zero-order valence-corrected chi connectivity index (χ0v) is 20.2. The van der Waals surface area contributed by atoms with Crippen LogP contribution < -0.4 is 9.62 Å². The largest absolute Gasteiger partial charge is 0.348 e. The Morgan fingerprint density at radius 3 is 2.29 bits per heavy atom. The highest BCUT2D eigenvalue weighted by Crippen LogP contribution is 2.23. The topological polar surface area (TPSA) is 84.3 Å². The van der Waals surface area contributed by atoms with E-state index in [1.807, 2.05) is 42.0 Å². The third-order valence-corrected chi connectivity index (χ3v) is 6.75. The van der Waals surface area contributed by atoms with Gasteiger partial charge in [-0.15, -0.1) is 0 Å². The Bertz CT molecular complexity index is 1450. The summed E-state index contributed by atoms with van der Waals surface area (Å²) in [5.74, 6) is 0.0576. The molecule has 9 heteroatoms. The van der Waals surface area contributed by atoms with E-state index in [-0.39, 0.29) is 18.0 Å². The number of anilines is 1. The van der Waals surface area contributed by atoms with Crippen LogP contribution in [-0.4, -0.2) is 30.1 Å². The standard InChI is InChI=1S/C26H25FN4O3S/c1-19-28-15-16-30(19)25-10-6-4-7-21(25)17-29-26(32)20-11-13-23(14-12-20)31(35(2,33)34)18-22-8-3-5-9-24(22)27/h3-16H,17-18H2,1-2H3,(H,29,32). The third-order valence-electron chi connectivity index (χ3n) is 5.61. The number of para-hydroxylation sites is 1. The molecule has 1 N–H and O–H groups in total. The van der Waals surface area contributed by atoms with Gasteiger partial charge in [0.2, 0.25) is 10.0 Å². The van der Waals surface area contributed by atoms with Crippen LogP contribution in [0.15, 0.2) is 85.2 Å². The number of nitrogens with one attached hydrogen (secondary N) is 1. The maximum absolute atomic E-state index is 14.1. The number of benzene rings is 3. The molecule has 180 valence electrons. The first-order chi connectivity index (χ1) is 16.7. The van der Waals surface area contributed by atoms with Gasteiger partial charge in [0.25, 0.3) is 5.91 Å². The summed E-state index contributed by atoms with van der Waals surface area (Å²) in [5, 5.41) is 2.91. The van der Waals surface area contributed by atoms with Gasteiger partial charge < -0.3 is 9.88 Å². The van der Waals surface area contributed by atoms with Crippen molar-refractivity contribution in [2.75, 3.05) is 10.6 Å². The van der Waals surface area contributed by atoms with Gasteiger partial charge in [-0.05, 0) is 48.9 Å². The Balaban J connectivity index is 1.49. The third kappa shape index (κ3) is 5.58. The second-order valence-electron chi connectivity index (χ2n) is 8.06. The summed E-state index contributed by atoms with van der Waals surface area (Å²) in [6.07, 6.45) is 4.65. The van der Waals surface area contributed by atoms with E-state index in [2.05, 4.69) is 10.3 Å². The molecular weight excluding hydrogens is 467 g/mol. The highest BCUT2D eigenvalue weighted by molar-refractivity contribution is 7.92. The molecule has 4 rings (SSSR count). The normalized spacial score (nSPS) is 11.3. The van der Waals surface area contributed by atoms with Gasteiger partial charge in [-0.3, -0.25) is 9.10 Å². The predicted octanol–water partition coefficient (Wildman–Crippen LogP) is 4.22. The van der Waals surface area contributed by atoms with E-state index in [9.17, 15) is 17.6 Å². The Labute approximate surface area is 203 Å². The minimum Gasteiger partial charge on any atom is -0.348 e. The van der Waals surface area contributed by atoms with Gasteiger partial charge in [0, 0.05) is 30.1 Å². The van der Waals surface area contributed by atoms with Crippen LogP contribution in [0.4, 0.5) is 10.1 Å². The smallest absolute Gasteiger partial charge is 0.251 e. The molecule has 0 atom stereocenters. The van der Waals surface area contributed by atoms with Gasteiger partial charge in [0.05, 0.1) is 24.2 Å². The Morgan fingerprint density at radius 2 is 1.66 bits per heavy atom. The molecule has 0 radical (unpaired) electrons. The predicted molar refractivity (Wildman–Crippen MR) is 133 cm³/mol. The summed E-state index contributed by atoms with van der Waals surface area (Å²) in [7, 11) is -3.68. The molecule has 0 fully saturated rings. The highest BCUT2D eigenvalue weighted by Gasteiger charge is 2.20. The molecule has 0 spiro atoms. The summed E-state index contributed by atoms with van der Waals surface area (Å²) in [6, 6.07) is 19.9. The second kappa shape index (κ2) is 10.1. The number of hydrogen-bond acceptors (Lipinski definition) is 4. The van der Waals surface area contributed by atoms with Crippen molar-refractivity contribution in [3.05, 3.63) is 114 Å². The van der Waals surface area contributed by atoms with Gasteiger partial charge in [-0.1, -0.05) is 36.4 Å². The fourth-order valence-corrected chi connectivity index (χ4v) is 4.64. The van der Waals surface area contributed by atoms with E-state index < -0.39 is 15.8 Å². The van der Waals surface area contributed by atoms with Crippen LogP contribution in [0.3, 0.4) is 0 Å². The summed E-state index contributed by atoms with van der Waals surface area (Å²) < 4.78 is 42.0. The summed E-state index contributed by atoms with van der Waals surface area (Å²) >= 11 is 0. The molecule has 35 heavy (non-hydrogen) atoms. The molecule has 1 amide bonds. The lowest BCUT2D eigenvalue weighted by Gasteiger charge is -2.23. The molecule has 0 bridgehead atoms. The molecule has 0 unspecified atom stereocenters. The Kier molecular flexibility index (Phi) is 6.97. The fourth-order valence-electron chi connectivity index (χ4n) is 3.77. The van der Waals surface area contributed by atoms with Crippen molar-refractivity contribution in [1.82, 2.24) is 14.9 Å². The maximum Gasteiger partial charge on any atom is 0.251 e. The number of rotatable bonds is 8. The van der Waals surface area contributed by atoms with E-state index in [1.54, 1.807) is 48.7 Å². The average molecular weight is 493 g/mol. The lowest BCUT2D eigenvalue weighted by atomic mass is 10.1. The number of aromatic nitrogens is 2. The van der Waals surface area contributed by atoms with Gasteiger partial charge in [-0.2, -0.15) is 0 Å². The van der Waals surface area contributed by atoms with Crippen LogP contribution in [0.1, 0.15) is 27.3 Å². The molecule has 4 aromatic rings. The minimum atomic E-state index is -3.68. The number of hydrogen-bond donors (Lipinski definition) is 1. The van der Waals surface area contributed by atoms with Crippen molar-refractivity contribution in [1.29, 1.82) is 0 Å². The number of nitrogens with zero attached hydrogens (tertiary/aromatic N) is 3. The zero-order valence-electron chi connectivity index (χ0n) is 19.3. The quantitative estimate of drug-likeness (QED) is 0.399. The molecule has 3 aromatic carbocycles. The molecule has 0 saturated carbocycles. The van der Waals surface area contributed by atoms with Crippen LogP contribution in [0.25, 0.3) is 5.69 Å². The second-order valence-corrected chi connectivity index (χ2v) is 9.97. The van der Waals surface area contributed by atoms with Crippen molar-refractivity contribution in [3.63, 3.8) is 0 Å². The number of carbonyl (C=O) groups excluding carboxylic acids is 1. The van der Waals surface area contributed by atoms with Crippen molar-refractivity contribution in [2.24, 2.45) is 0 Å². The first kappa shape index (κ1) is 24.2. The monoisotopic (exact) mass is 492 g/mol. The zero-order chi connectivity index (χ0) is 25.0. The van der Waals surface area contributed by atoms with Crippen LogP contribution >= 0.6 is 0 Å². The molecule has 0 aliphatic rings. The Hall–Kier alpha value is -3.98. The fraction of sp³-hybridized carbons (Fsp3) is 0.154. The Morgan fingerprint density at radius 1 is 1.00 bits per heavy atom. The molecular formula is C26H25FN4O3S. The van der Waals surface area contributed by atoms with E-state index >= 15 is 0 Å². The number of carbonyl (C=O) groups is 1. The van der Waals surface area contributed by atoms with Gasteiger partial charge in [0.15, 0.2) is 0 Å². The maximum atomic E-state index is 14.1. The van der Waals surface area contributed by atoms with E-state index in [0.717, 1.165) is 27.6 Å². The number of amides is 1. The van der Waals surface area contributed by atoms with Gasteiger partial charge in [0.1, 0.15) is 11.6 Å². The molecule has 0 aliphatic carbocycles. The van der Waals surface area contributed by atoms with E-state index in [1.165, 1.54) is 6.07 Å². The SMILES string of the molecule is Cc1nccn1-c1ccccc1CNC(=O)c1ccc(N(Cc2ccccc2F)S(C)(=O)=O)cc1. The number of imidazole rings is 1. The summed E-state index contributed by atoms with van der Waals surface area (Å²) in [5.41, 5.74) is 2.82. The van der Waals surface area contributed by atoms with Crippen molar-refractivity contribution < 1.29 is 17.6 Å². The lowest BCUT2D eigenvalue weighted by molar-refractivity contribution is 0.0951. The molecule has 0 saturated heterocycles. The number of aryl methyl sites for hydroxylation is 1. The van der Waals surface area contributed by atoms with Crippen LogP contribution in [0, 0.1) is 12.7 Å². The van der Waals surface area contributed by atoms with Crippen LogP contribution in [0.5, 0.6) is 0 Å². The number of sulfonamides is 1. The molecule has 1 aromatic heterocycles. The molecule has 1 heterocycles. The van der Waals surface area contributed by atoms with Crippen LogP contribution in [0.2, 0.25) is 0 Å². The van der Waals surface area contributed by atoms with E-state index in [4.69, 9.17) is 0 Å². The van der Waals surface area contributed by atoms with Crippen molar-refractivity contribution in [2.45, 2.75) is 20.0 Å². The van der Waals surface area contributed by atoms with Crippen LogP contribution in [-0.2, 0) is 23.1 Å². The first-order valence-electron chi connectivity index (χ1n) is 10.9. The lowest BCUT2D eigenvalue weighted by Crippen LogP contribution is -2.30. The van der Waals surface area contributed by atoms with Crippen molar-refractivity contribution in [3.8, 4) is 5.69 Å². The van der Waals surface area contributed by atoms with Gasteiger partial charge >= 0.3 is 0 Å². The molecule has 0 aliphatic heterocycles. The van der Waals surface area contributed by atoms with Crippen molar-refractivity contribution >= 4 is 21.6 Å². The molecule has 7 nitrogen and oxygen atoms in total.